The Kier molecular flexibility index (Phi) is 45.1. The number of nitrogens with zero attached hydrogens (tertiary/aromatic N) is 8. The van der Waals surface area contributed by atoms with Gasteiger partial charge in [-0.1, -0.05) is 0 Å². The zero-order valence-electron chi connectivity index (χ0n) is 56.3. The van der Waals surface area contributed by atoms with Crippen LogP contribution in [-0.2, 0) is 47.9 Å². The first-order chi connectivity index (χ1) is 46.7. The second-order valence-corrected chi connectivity index (χ2v) is 23.1. The second kappa shape index (κ2) is 50.6. The number of amides is 10. The molecule has 0 bridgehead atoms. The van der Waals surface area contributed by atoms with E-state index in [0.717, 1.165) is 0 Å². The molecule has 10 amide bonds. The molecule has 0 aromatic rings. The van der Waals surface area contributed by atoms with Crippen molar-refractivity contribution in [2.75, 3.05) is 64.4 Å². The maximum atomic E-state index is 14.8. The first kappa shape index (κ1) is 88.2. The average Bonchev–Trinajstić information content (AvgIpc) is 0.887. The van der Waals surface area contributed by atoms with E-state index in [1.54, 1.807) is 6.26 Å². The van der Waals surface area contributed by atoms with Crippen molar-refractivity contribution in [3.63, 3.8) is 0 Å². The molecule has 0 spiro atoms. The average molecular weight is 1430 g/mol. The Morgan fingerprint density at radius 1 is 0.253 bits per heavy atom. The molecule has 0 unspecified atom stereocenters. The Hall–Kier alpha value is -10.8. The highest BCUT2D eigenvalue weighted by Gasteiger charge is 2.35. The summed E-state index contributed by atoms with van der Waals surface area (Å²) in [4.78, 5) is 172. The van der Waals surface area contributed by atoms with Gasteiger partial charge in [0.05, 0.1) is 0 Å². The quantitative estimate of drug-likeness (QED) is 0.0153. The van der Waals surface area contributed by atoms with Crippen molar-refractivity contribution in [1.82, 2.24) is 47.9 Å². The van der Waals surface area contributed by atoms with Gasteiger partial charge in [-0.15, -0.1) is 0 Å². The molecule has 0 aromatic carbocycles. The van der Waals surface area contributed by atoms with Gasteiger partial charge in [0.2, 0.25) is 59.1 Å². The lowest BCUT2D eigenvalue weighted by molar-refractivity contribution is -0.136. The smallest absolute Gasteiger partial charge is 0.243 e. The lowest BCUT2D eigenvalue weighted by Gasteiger charge is -2.28. The number of hydrogen-bond acceptors (Lipinski definition) is 19. The summed E-state index contributed by atoms with van der Waals surface area (Å²) in [6.45, 7) is 1.06. The molecule has 9 atom stereocenters. The highest BCUT2D eigenvalue weighted by Crippen LogP contribution is 2.12. The fourth-order valence-electron chi connectivity index (χ4n) is 8.96. The van der Waals surface area contributed by atoms with Gasteiger partial charge in [0.1, 0.15) is 54.4 Å². The van der Waals surface area contributed by atoms with E-state index >= 15 is 0 Å². The van der Waals surface area contributed by atoms with Crippen molar-refractivity contribution >= 4 is 119 Å². The number of nitrogens with two attached hydrogens (primary N) is 17. The van der Waals surface area contributed by atoms with Crippen LogP contribution in [0.4, 0.5) is 0 Å². The van der Waals surface area contributed by atoms with Crippen molar-refractivity contribution in [3.05, 3.63) is 0 Å². The molecule has 0 radical (unpaired) electrons. The fraction of sp³-hybridized carbons (Fsp3) is 0.667. The maximum Gasteiger partial charge on any atom is 0.243 e. The highest BCUT2D eigenvalue weighted by atomic mass is 32.2. The van der Waals surface area contributed by atoms with Gasteiger partial charge in [0.15, 0.2) is 47.7 Å². The standard InChI is InChI=1S/C54H108N34O10S/c1-28(89)80-29(11-3-19-72-47(56)57)39(91)81-30(12-4-20-73-48(58)59)40(92)82-31(13-5-21-74-49(60)61)41(93)83-32(14-6-22-75-50(62)63)42(94)84-33(15-7-23-76-51(64)65)43(95)85-34(16-8-24-77-52(66)67)44(96)86-35(17-9-25-78-53(68)69)45(97)87-36(18-10-26-79-54(70)71)46(98)88-37(27-99-2)38(55)90/h29-37H,3-27H2,1-2H3,(H2,55,90)(H,80,89)(H,81,91)(H,82,92)(H,83,93)(H,84,94)(H,85,95)(H,86,96)(H,87,97)(H,88,98)(H4,56,57,72)(H4,58,59,73)(H4,60,61,74)(H4,62,63,75)(H4,64,65,76)(H4,66,67,77)(H4,68,69,78)(H4,70,71,79)/t29-,30-,31-,32-,33-,34-,35-,36-,37-/m1/s1. The van der Waals surface area contributed by atoms with Crippen LogP contribution in [0, 0.1) is 0 Å². The lowest BCUT2D eigenvalue weighted by atomic mass is 10.0. The number of guanidine groups is 8. The molecule has 0 aliphatic carbocycles. The molecule has 0 rings (SSSR count). The van der Waals surface area contributed by atoms with Gasteiger partial charge < -0.3 is 145 Å². The van der Waals surface area contributed by atoms with Gasteiger partial charge in [-0.25, -0.2) is 0 Å². The van der Waals surface area contributed by atoms with Crippen molar-refractivity contribution in [2.24, 2.45) is 137 Å². The minimum atomic E-state index is -1.56. The minimum Gasteiger partial charge on any atom is -0.370 e. The van der Waals surface area contributed by atoms with E-state index in [2.05, 4.69) is 87.8 Å². The van der Waals surface area contributed by atoms with Crippen LogP contribution in [-0.4, -0.2) is 225 Å². The molecule has 0 saturated heterocycles. The van der Waals surface area contributed by atoms with E-state index in [1.165, 1.54) is 18.7 Å². The number of rotatable bonds is 52. The van der Waals surface area contributed by atoms with Gasteiger partial charge in [-0.2, -0.15) is 11.8 Å². The molecule has 99 heavy (non-hydrogen) atoms. The van der Waals surface area contributed by atoms with Crippen LogP contribution in [0.1, 0.15) is 110 Å². The number of carbonyl (C=O) groups excluding carboxylic acids is 10. The lowest BCUT2D eigenvalue weighted by Crippen LogP contribution is -2.60. The molecule has 0 heterocycles. The summed E-state index contributed by atoms with van der Waals surface area (Å²) in [5.74, 6) is -10.7. The van der Waals surface area contributed by atoms with Crippen LogP contribution >= 0.6 is 11.8 Å². The SMILES string of the molecule is CSC[C@@H](NC(=O)[C@@H](CCCN=C(N)N)NC(=O)[C@@H](CCCN=C(N)N)NC(=O)[C@@H](CCCN=C(N)N)NC(=O)[C@@H](CCCN=C(N)N)NC(=O)[C@@H](CCCN=C(N)N)NC(=O)[C@@H](CCCN=C(N)N)NC(=O)[C@@H](CCCN=C(N)N)NC(=O)[C@@H](CCCN=C(N)N)NC(C)=O)C(N)=O. The third-order valence-electron chi connectivity index (χ3n) is 13.7. The third kappa shape index (κ3) is 43.8. The van der Waals surface area contributed by atoms with E-state index in [0.29, 0.717) is 0 Å². The van der Waals surface area contributed by atoms with E-state index in [1.807, 2.05) is 0 Å². The van der Waals surface area contributed by atoms with Crippen LogP contribution in [0.5, 0.6) is 0 Å². The first-order valence-corrected chi connectivity index (χ1v) is 33.0. The largest absolute Gasteiger partial charge is 0.370 e. The molecule has 0 aromatic heterocycles. The van der Waals surface area contributed by atoms with Crippen molar-refractivity contribution in [2.45, 2.75) is 164 Å². The summed E-state index contributed by atoms with van der Waals surface area (Å²) in [7, 11) is 0. The minimum absolute atomic E-state index is 0.00681. The van der Waals surface area contributed by atoms with Crippen molar-refractivity contribution in [3.8, 4) is 0 Å². The number of nitrogens with one attached hydrogen (secondary N) is 9. The number of carbonyl (C=O) groups is 10. The number of thioether (sulfide) groups is 1. The van der Waals surface area contributed by atoms with Crippen molar-refractivity contribution in [1.29, 1.82) is 0 Å². The topological polar surface area (TPSA) is 820 Å². The number of hydrogen-bond donors (Lipinski definition) is 26. The summed E-state index contributed by atoms with van der Waals surface area (Å²) in [6, 6.07) is -12.7. The normalized spacial score (nSPS) is 13.3. The van der Waals surface area contributed by atoms with Crippen LogP contribution in [0.25, 0.3) is 0 Å². The molecule has 0 aliphatic rings. The van der Waals surface area contributed by atoms with Gasteiger partial charge >= 0.3 is 0 Å². The highest BCUT2D eigenvalue weighted by molar-refractivity contribution is 7.98. The molecular formula is C54H108N34O10S. The molecule has 0 fully saturated rings. The number of primary amides is 1. The molecule has 560 valence electrons. The second-order valence-electron chi connectivity index (χ2n) is 22.2. The van der Waals surface area contributed by atoms with Crippen LogP contribution in [0.15, 0.2) is 39.9 Å². The third-order valence-corrected chi connectivity index (χ3v) is 14.3. The maximum absolute atomic E-state index is 14.8. The van der Waals surface area contributed by atoms with E-state index in [4.69, 9.17) is 97.5 Å². The van der Waals surface area contributed by atoms with Crippen LogP contribution in [0.2, 0.25) is 0 Å². The summed E-state index contributed by atoms with van der Waals surface area (Å²) >= 11 is 1.22. The van der Waals surface area contributed by atoms with E-state index < -0.39 is 113 Å². The monoisotopic (exact) mass is 1420 g/mol. The Bertz CT molecular complexity index is 2820. The number of aliphatic imine (C=N–C) groups is 8. The van der Waals surface area contributed by atoms with Gasteiger partial charge in [0.25, 0.3) is 0 Å². The zero-order valence-corrected chi connectivity index (χ0v) is 57.1. The Balaban J connectivity index is 7.82. The summed E-state index contributed by atoms with van der Waals surface area (Å²) in [5, 5.41) is 23.6. The molecular weight excluding hydrogens is 1320 g/mol. The van der Waals surface area contributed by atoms with E-state index in [9.17, 15) is 47.9 Å². The predicted octanol–water partition coefficient (Wildman–Crippen LogP) is -12.4. The van der Waals surface area contributed by atoms with E-state index in [-0.39, 0.29) is 209 Å². The van der Waals surface area contributed by atoms with Crippen LogP contribution in [0.3, 0.4) is 0 Å². The molecule has 45 heteroatoms. The van der Waals surface area contributed by atoms with Gasteiger partial charge in [0, 0.05) is 65.0 Å². The molecule has 0 saturated carbocycles. The summed E-state index contributed by atoms with van der Waals surface area (Å²) in [5.41, 5.74) is 94.4. The first-order valence-electron chi connectivity index (χ1n) is 31.6. The van der Waals surface area contributed by atoms with Gasteiger partial charge in [-0.05, 0) is 109 Å². The molecule has 43 N–H and O–H groups in total. The molecule has 0 aliphatic heterocycles. The fourth-order valence-corrected chi connectivity index (χ4v) is 9.55. The summed E-state index contributed by atoms with van der Waals surface area (Å²) < 4.78 is 0. The van der Waals surface area contributed by atoms with Gasteiger partial charge in [-0.3, -0.25) is 87.9 Å². The Labute approximate surface area is 578 Å². The predicted molar refractivity (Wildman–Crippen MR) is 380 cm³/mol. The Morgan fingerprint density at radius 2 is 0.394 bits per heavy atom. The van der Waals surface area contributed by atoms with Crippen molar-refractivity contribution < 1.29 is 47.9 Å². The Morgan fingerprint density at radius 3 is 0.515 bits per heavy atom. The summed E-state index contributed by atoms with van der Waals surface area (Å²) in [6.07, 6.45) is 1.22. The zero-order chi connectivity index (χ0) is 75.0. The van der Waals surface area contributed by atoms with Crippen LogP contribution < -0.4 is 145 Å². The molecule has 44 nitrogen and oxygen atoms in total.